The molecule has 1 aromatic carbocycles. The number of benzene rings is 1. The zero-order valence-corrected chi connectivity index (χ0v) is 10.3. The van der Waals surface area contributed by atoms with E-state index in [4.69, 9.17) is 0 Å². The van der Waals surface area contributed by atoms with Gasteiger partial charge in [-0.1, -0.05) is 18.2 Å². The van der Waals surface area contributed by atoms with Gasteiger partial charge in [0.25, 0.3) is 5.56 Å². The number of aromatic nitrogens is 1. The van der Waals surface area contributed by atoms with Crippen molar-refractivity contribution >= 4 is 16.7 Å². The summed E-state index contributed by atoms with van der Waals surface area (Å²) in [5.74, 6) is -0.246. The van der Waals surface area contributed by atoms with Crippen LogP contribution in [0, 0.1) is 0 Å². The maximum atomic E-state index is 12.1. The van der Waals surface area contributed by atoms with E-state index in [1.54, 1.807) is 10.8 Å². The number of nitrogens with zero attached hydrogens (tertiary/aromatic N) is 1. The van der Waals surface area contributed by atoms with E-state index in [-0.39, 0.29) is 11.5 Å². The van der Waals surface area contributed by atoms with Crippen molar-refractivity contribution < 1.29 is 9.53 Å². The van der Waals surface area contributed by atoms with Gasteiger partial charge in [0.1, 0.15) is 0 Å². The molecule has 0 fully saturated rings. The Morgan fingerprint density at radius 1 is 1.28 bits per heavy atom. The van der Waals surface area contributed by atoms with Gasteiger partial charge in [-0.15, -0.1) is 0 Å². The molecule has 0 saturated carbocycles. The lowest BCUT2D eigenvalue weighted by Crippen LogP contribution is -2.20. The van der Waals surface area contributed by atoms with Gasteiger partial charge in [0, 0.05) is 24.5 Å². The van der Waals surface area contributed by atoms with Crippen LogP contribution in [0.3, 0.4) is 0 Å². The van der Waals surface area contributed by atoms with Crippen molar-refractivity contribution in [2.45, 2.75) is 19.4 Å². The maximum Gasteiger partial charge on any atom is 0.305 e. The Kier molecular flexibility index (Phi) is 3.77. The predicted molar refractivity (Wildman–Crippen MR) is 69.5 cm³/mol. The molecule has 0 spiro atoms. The van der Waals surface area contributed by atoms with Crippen molar-refractivity contribution in [1.29, 1.82) is 0 Å². The van der Waals surface area contributed by atoms with E-state index in [9.17, 15) is 9.59 Å². The van der Waals surface area contributed by atoms with Gasteiger partial charge in [0.15, 0.2) is 0 Å². The monoisotopic (exact) mass is 245 g/mol. The fourth-order valence-electron chi connectivity index (χ4n) is 1.90. The number of pyridine rings is 1. The molecule has 18 heavy (non-hydrogen) atoms. The quantitative estimate of drug-likeness (QED) is 0.773. The Balaban J connectivity index is 2.17. The van der Waals surface area contributed by atoms with Crippen LogP contribution < -0.4 is 5.56 Å². The van der Waals surface area contributed by atoms with Crippen molar-refractivity contribution in [1.82, 2.24) is 4.57 Å². The molecular weight excluding hydrogens is 230 g/mol. The molecule has 1 heterocycles. The van der Waals surface area contributed by atoms with Crippen LogP contribution in [-0.2, 0) is 16.1 Å². The normalized spacial score (nSPS) is 10.5. The highest BCUT2D eigenvalue weighted by molar-refractivity contribution is 5.81. The fourth-order valence-corrected chi connectivity index (χ4v) is 1.90. The first-order valence-electron chi connectivity index (χ1n) is 5.87. The molecule has 2 aromatic rings. The molecule has 4 heteroatoms. The third-order valence-corrected chi connectivity index (χ3v) is 2.89. The van der Waals surface area contributed by atoms with Gasteiger partial charge in [0.05, 0.1) is 7.11 Å². The highest BCUT2D eigenvalue weighted by atomic mass is 16.5. The van der Waals surface area contributed by atoms with E-state index in [2.05, 4.69) is 4.74 Å². The van der Waals surface area contributed by atoms with Crippen molar-refractivity contribution in [2.75, 3.05) is 7.11 Å². The summed E-state index contributed by atoms with van der Waals surface area (Å²) in [5, 5.41) is 1.64. The summed E-state index contributed by atoms with van der Waals surface area (Å²) < 4.78 is 6.19. The molecule has 94 valence electrons. The molecule has 0 N–H and O–H groups in total. The molecule has 0 saturated heterocycles. The van der Waals surface area contributed by atoms with Crippen LogP contribution in [-0.4, -0.2) is 17.6 Å². The summed E-state index contributed by atoms with van der Waals surface area (Å²) in [5.41, 5.74) is -0.0158. The topological polar surface area (TPSA) is 48.3 Å². The molecule has 0 aliphatic heterocycles. The van der Waals surface area contributed by atoms with Gasteiger partial charge in [-0.25, -0.2) is 0 Å². The number of aryl methyl sites for hydroxylation is 1. The molecule has 1 aromatic heterocycles. The number of hydrogen-bond donors (Lipinski definition) is 0. The third-order valence-electron chi connectivity index (χ3n) is 2.89. The summed E-state index contributed by atoms with van der Waals surface area (Å²) in [7, 11) is 1.37. The standard InChI is InChI=1S/C14H15NO3/c1-18-13(16)7-4-9-15-10-8-11-5-2-3-6-12(11)14(15)17/h2-3,5-6,8,10H,4,7,9H2,1H3. The largest absolute Gasteiger partial charge is 0.469 e. The summed E-state index contributed by atoms with van der Waals surface area (Å²) >= 11 is 0. The SMILES string of the molecule is COC(=O)CCCn1ccc2ccccc2c1=O. The van der Waals surface area contributed by atoms with Gasteiger partial charge >= 0.3 is 5.97 Å². The Morgan fingerprint density at radius 2 is 2.06 bits per heavy atom. The molecule has 0 atom stereocenters. The second kappa shape index (κ2) is 5.49. The highest BCUT2D eigenvalue weighted by Gasteiger charge is 2.03. The van der Waals surface area contributed by atoms with Crippen molar-refractivity contribution in [3.63, 3.8) is 0 Å². The molecule has 0 amide bonds. The average Bonchev–Trinajstić information content (AvgIpc) is 2.41. The molecule has 2 rings (SSSR count). The number of rotatable bonds is 4. The second-order valence-electron chi connectivity index (χ2n) is 4.08. The van der Waals surface area contributed by atoms with Gasteiger partial charge in [-0.05, 0) is 23.9 Å². The molecule has 0 aliphatic rings. The Hall–Kier alpha value is -2.10. The van der Waals surface area contributed by atoms with E-state index in [0.717, 1.165) is 5.39 Å². The van der Waals surface area contributed by atoms with E-state index in [1.807, 2.05) is 30.3 Å². The molecule has 0 unspecified atom stereocenters. The van der Waals surface area contributed by atoms with Crippen molar-refractivity contribution in [2.24, 2.45) is 0 Å². The van der Waals surface area contributed by atoms with Crippen molar-refractivity contribution in [3.05, 3.63) is 46.9 Å². The van der Waals surface area contributed by atoms with Crippen LogP contribution in [0.15, 0.2) is 41.3 Å². The summed E-state index contributed by atoms with van der Waals surface area (Å²) in [6.45, 7) is 0.527. The van der Waals surface area contributed by atoms with Crippen LogP contribution in [0.25, 0.3) is 10.8 Å². The summed E-state index contributed by atoms with van der Waals surface area (Å²) in [6, 6.07) is 9.39. The van der Waals surface area contributed by atoms with Crippen LogP contribution in [0.4, 0.5) is 0 Å². The Morgan fingerprint density at radius 3 is 2.83 bits per heavy atom. The minimum absolute atomic E-state index is 0.0158. The number of methoxy groups -OCH3 is 1. The van der Waals surface area contributed by atoms with E-state index in [1.165, 1.54) is 7.11 Å². The Labute approximate surface area is 105 Å². The lowest BCUT2D eigenvalue weighted by molar-refractivity contribution is -0.140. The first-order valence-corrected chi connectivity index (χ1v) is 5.87. The smallest absolute Gasteiger partial charge is 0.305 e. The molecule has 4 nitrogen and oxygen atoms in total. The van der Waals surface area contributed by atoms with Gasteiger partial charge in [0.2, 0.25) is 0 Å². The summed E-state index contributed by atoms with van der Waals surface area (Å²) in [6.07, 6.45) is 2.70. The van der Waals surface area contributed by atoms with Crippen LogP contribution >= 0.6 is 0 Å². The number of carbonyl (C=O) groups is 1. The van der Waals surface area contributed by atoms with Gasteiger partial charge < -0.3 is 9.30 Å². The predicted octanol–water partition coefficient (Wildman–Crippen LogP) is 1.95. The number of fused-ring (bicyclic) bond motifs is 1. The highest BCUT2D eigenvalue weighted by Crippen LogP contribution is 2.08. The van der Waals surface area contributed by atoms with E-state index in [0.29, 0.717) is 24.8 Å². The minimum atomic E-state index is -0.246. The summed E-state index contributed by atoms with van der Waals surface area (Å²) in [4.78, 5) is 23.1. The second-order valence-corrected chi connectivity index (χ2v) is 4.08. The first-order chi connectivity index (χ1) is 8.72. The minimum Gasteiger partial charge on any atom is -0.469 e. The Bertz CT molecular complexity index is 616. The fraction of sp³-hybridized carbons (Fsp3) is 0.286. The number of hydrogen-bond acceptors (Lipinski definition) is 3. The first kappa shape index (κ1) is 12.4. The third kappa shape index (κ3) is 2.59. The number of carbonyl (C=O) groups excluding carboxylic acids is 1. The van der Waals surface area contributed by atoms with Gasteiger partial charge in [-0.2, -0.15) is 0 Å². The number of ether oxygens (including phenoxy) is 1. The van der Waals surface area contributed by atoms with Crippen molar-refractivity contribution in [3.8, 4) is 0 Å². The lowest BCUT2D eigenvalue weighted by atomic mass is 10.2. The maximum absolute atomic E-state index is 12.1. The molecule has 0 bridgehead atoms. The lowest BCUT2D eigenvalue weighted by Gasteiger charge is -2.06. The van der Waals surface area contributed by atoms with Gasteiger partial charge in [-0.3, -0.25) is 9.59 Å². The van der Waals surface area contributed by atoms with Crippen LogP contribution in [0.1, 0.15) is 12.8 Å². The zero-order chi connectivity index (χ0) is 13.0. The molecule has 0 radical (unpaired) electrons. The van der Waals surface area contributed by atoms with Crippen LogP contribution in [0.2, 0.25) is 0 Å². The zero-order valence-electron chi connectivity index (χ0n) is 10.3. The number of esters is 1. The van der Waals surface area contributed by atoms with E-state index >= 15 is 0 Å². The molecule has 0 aliphatic carbocycles. The van der Waals surface area contributed by atoms with E-state index < -0.39 is 0 Å². The molecular formula is C14H15NO3. The van der Waals surface area contributed by atoms with Crippen LogP contribution in [0.5, 0.6) is 0 Å². The average molecular weight is 245 g/mol.